The van der Waals surface area contributed by atoms with E-state index in [1.54, 1.807) is 23.7 Å². The van der Waals surface area contributed by atoms with Gasteiger partial charge >= 0.3 is 0 Å². The molecule has 0 amide bonds. The second-order valence-corrected chi connectivity index (χ2v) is 4.87. The predicted octanol–water partition coefficient (Wildman–Crippen LogP) is 2.74. The number of fused-ring (bicyclic) bond motifs is 1. The Morgan fingerprint density at radius 3 is 3.00 bits per heavy atom. The minimum absolute atomic E-state index is 0.0485. The van der Waals surface area contributed by atoms with Crippen molar-refractivity contribution < 1.29 is 0 Å². The Bertz CT molecular complexity index is 419. The quantitative estimate of drug-likeness (QED) is 0.867. The van der Waals surface area contributed by atoms with Crippen molar-refractivity contribution in [2.75, 3.05) is 0 Å². The Kier molecular flexibility index (Phi) is 2.98. The molecule has 0 spiro atoms. The summed E-state index contributed by atoms with van der Waals surface area (Å²) in [7, 11) is 0. The Labute approximate surface area is 93.4 Å². The molecule has 2 heterocycles. The van der Waals surface area contributed by atoms with Gasteiger partial charge in [-0.3, -0.25) is 4.98 Å². The van der Waals surface area contributed by atoms with Crippen molar-refractivity contribution in [1.29, 1.82) is 0 Å². The van der Waals surface area contributed by atoms with Crippen LogP contribution in [0.1, 0.15) is 31.3 Å². The Morgan fingerprint density at radius 1 is 1.53 bits per heavy atom. The van der Waals surface area contributed by atoms with Gasteiger partial charge in [0, 0.05) is 6.20 Å². The number of rotatable bonds is 3. The van der Waals surface area contributed by atoms with Crippen molar-refractivity contribution in [2.45, 2.75) is 26.3 Å². The Balaban J connectivity index is 2.36. The van der Waals surface area contributed by atoms with E-state index < -0.39 is 0 Å². The number of hydrogen-bond donors (Lipinski definition) is 1. The first kappa shape index (κ1) is 10.5. The molecule has 2 N–H and O–H groups in total. The standard InChI is InChI=1S/C11H15N3S/c1-3-7(2)10(12)11-14-8-6-13-5-4-9(8)15-11/h4-7,10H,3,12H2,1-2H3. The first-order valence-corrected chi connectivity index (χ1v) is 6.00. The fourth-order valence-electron chi connectivity index (χ4n) is 1.44. The molecule has 15 heavy (non-hydrogen) atoms. The number of nitrogens with zero attached hydrogens (tertiary/aromatic N) is 2. The highest BCUT2D eigenvalue weighted by atomic mass is 32.1. The largest absolute Gasteiger partial charge is 0.322 e. The van der Waals surface area contributed by atoms with Crippen molar-refractivity contribution in [3.63, 3.8) is 0 Å². The summed E-state index contributed by atoms with van der Waals surface area (Å²) in [5.41, 5.74) is 7.10. The Morgan fingerprint density at radius 2 is 2.33 bits per heavy atom. The lowest BCUT2D eigenvalue weighted by atomic mass is 10.0. The summed E-state index contributed by atoms with van der Waals surface area (Å²) in [5.74, 6) is 0.471. The zero-order chi connectivity index (χ0) is 10.8. The highest BCUT2D eigenvalue weighted by molar-refractivity contribution is 7.18. The highest BCUT2D eigenvalue weighted by Crippen LogP contribution is 2.29. The summed E-state index contributed by atoms with van der Waals surface area (Å²) in [4.78, 5) is 8.57. The van der Waals surface area contributed by atoms with Gasteiger partial charge in [0.15, 0.2) is 0 Å². The van der Waals surface area contributed by atoms with Gasteiger partial charge in [-0.1, -0.05) is 20.3 Å². The normalized spacial score (nSPS) is 15.4. The van der Waals surface area contributed by atoms with Gasteiger partial charge < -0.3 is 5.73 Å². The van der Waals surface area contributed by atoms with E-state index in [4.69, 9.17) is 5.73 Å². The molecule has 0 saturated heterocycles. The molecule has 2 aromatic heterocycles. The molecule has 4 heteroatoms. The van der Waals surface area contributed by atoms with Crippen LogP contribution in [0.3, 0.4) is 0 Å². The number of hydrogen-bond acceptors (Lipinski definition) is 4. The minimum atomic E-state index is 0.0485. The van der Waals surface area contributed by atoms with Crippen molar-refractivity contribution in [3.8, 4) is 0 Å². The van der Waals surface area contributed by atoms with E-state index in [0.29, 0.717) is 5.92 Å². The molecule has 0 aliphatic rings. The maximum Gasteiger partial charge on any atom is 0.111 e. The topological polar surface area (TPSA) is 51.8 Å². The third-order valence-electron chi connectivity index (χ3n) is 2.75. The van der Waals surface area contributed by atoms with Gasteiger partial charge in [0.25, 0.3) is 0 Å². The highest BCUT2D eigenvalue weighted by Gasteiger charge is 2.17. The zero-order valence-electron chi connectivity index (χ0n) is 8.97. The van der Waals surface area contributed by atoms with Gasteiger partial charge in [0.05, 0.1) is 22.5 Å². The van der Waals surface area contributed by atoms with Gasteiger partial charge in [-0.15, -0.1) is 11.3 Å². The summed E-state index contributed by atoms with van der Waals surface area (Å²) in [5, 5.41) is 1.02. The van der Waals surface area contributed by atoms with E-state index in [1.165, 1.54) is 4.70 Å². The van der Waals surface area contributed by atoms with Crippen LogP contribution < -0.4 is 5.73 Å². The van der Waals surface area contributed by atoms with Crippen LogP contribution in [0.4, 0.5) is 0 Å². The zero-order valence-corrected chi connectivity index (χ0v) is 9.79. The molecule has 0 bridgehead atoms. The molecular weight excluding hydrogens is 206 g/mol. The van der Waals surface area contributed by atoms with Crippen molar-refractivity contribution >= 4 is 21.6 Å². The summed E-state index contributed by atoms with van der Waals surface area (Å²) < 4.78 is 1.17. The predicted molar refractivity (Wildman–Crippen MR) is 63.8 cm³/mol. The summed E-state index contributed by atoms with van der Waals surface area (Å²) in [6, 6.07) is 2.03. The summed E-state index contributed by atoms with van der Waals surface area (Å²) in [6.45, 7) is 4.31. The fourth-order valence-corrected chi connectivity index (χ4v) is 2.51. The van der Waals surface area contributed by atoms with Crippen molar-refractivity contribution in [3.05, 3.63) is 23.5 Å². The van der Waals surface area contributed by atoms with Crippen molar-refractivity contribution in [2.24, 2.45) is 11.7 Å². The first-order chi connectivity index (χ1) is 7.22. The molecular formula is C11H15N3S. The second kappa shape index (κ2) is 4.24. The van der Waals surface area contributed by atoms with E-state index in [2.05, 4.69) is 23.8 Å². The monoisotopic (exact) mass is 221 g/mol. The molecule has 2 atom stereocenters. The summed E-state index contributed by atoms with van der Waals surface area (Å²) in [6.07, 6.45) is 4.66. The smallest absolute Gasteiger partial charge is 0.111 e. The van der Waals surface area contributed by atoms with Crippen LogP contribution in [-0.2, 0) is 0 Å². The van der Waals surface area contributed by atoms with Crippen LogP contribution in [0.5, 0.6) is 0 Å². The first-order valence-electron chi connectivity index (χ1n) is 5.18. The van der Waals surface area contributed by atoms with Crippen molar-refractivity contribution in [1.82, 2.24) is 9.97 Å². The van der Waals surface area contributed by atoms with Gasteiger partial charge in [-0.2, -0.15) is 0 Å². The fraction of sp³-hybridized carbons (Fsp3) is 0.455. The molecule has 0 aromatic carbocycles. The van der Waals surface area contributed by atoms with E-state index in [0.717, 1.165) is 16.9 Å². The maximum absolute atomic E-state index is 6.14. The molecule has 2 aromatic rings. The molecule has 0 saturated carbocycles. The van der Waals surface area contributed by atoms with E-state index >= 15 is 0 Å². The average molecular weight is 221 g/mol. The third-order valence-corrected chi connectivity index (χ3v) is 3.89. The van der Waals surface area contributed by atoms with Crippen LogP contribution in [-0.4, -0.2) is 9.97 Å². The van der Waals surface area contributed by atoms with Gasteiger partial charge in [0.1, 0.15) is 5.01 Å². The molecule has 3 nitrogen and oxygen atoms in total. The molecule has 0 fully saturated rings. The Hall–Kier alpha value is -1.00. The minimum Gasteiger partial charge on any atom is -0.322 e. The number of pyridine rings is 1. The molecule has 0 radical (unpaired) electrons. The maximum atomic E-state index is 6.14. The molecule has 2 unspecified atom stereocenters. The van der Waals surface area contributed by atoms with Gasteiger partial charge in [0.2, 0.25) is 0 Å². The van der Waals surface area contributed by atoms with Gasteiger partial charge in [-0.05, 0) is 12.0 Å². The summed E-state index contributed by atoms with van der Waals surface area (Å²) >= 11 is 1.67. The average Bonchev–Trinajstić information content (AvgIpc) is 2.70. The third kappa shape index (κ3) is 2.01. The number of aromatic nitrogens is 2. The SMILES string of the molecule is CCC(C)C(N)c1nc2cnccc2s1. The van der Waals surface area contributed by atoms with Crippen LogP contribution >= 0.6 is 11.3 Å². The molecule has 80 valence electrons. The van der Waals surface area contributed by atoms with E-state index in [-0.39, 0.29) is 6.04 Å². The lowest BCUT2D eigenvalue weighted by molar-refractivity contribution is 0.456. The molecule has 2 rings (SSSR count). The molecule has 0 aliphatic carbocycles. The number of thiazole rings is 1. The molecule has 0 aliphatic heterocycles. The van der Waals surface area contributed by atoms with Gasteiger partial charge in [-0.25, -0.2) is 4.98 Å². The van der Waals surface area contributed by atoms with Crippen LogP contribution in [0.2, 0.25) is 0 Å². The lowest BCUT2D eigenvalue weighted by Crippen LogP contribution is -2.18. The number of nitrogens with two attached hydrogens (primary N) is 1. The van der Waals surface area contributed by atoms with E-state index in [1.807, 2.05) is 6.07 Å². The van der Waals surface area contributed by atoms with Crippen LogP contribution in [0.15, 0.2) is 18.5 Å². The second-order valence-electron chi connectivity index (χ2n) is 3.81. The van der Waals surface area contributed by atoms with Crippen LogP contribution in [0.25, 0.3) is 10.2 Å². The lowest BCUT2D eigenvalue weighted by Gasteiger charge is -2.14. The van der Waals surface area contributed by atoms with Crippen LogP contribution in [0, 0.1) is 5.92 Å². The van der Waals surface area contributed by atoms with E-state index in [9.17, 15) is 0 Å².